The predicted octanol–water partition coefficient (Wildman–Crippen LogP) is 6.85. The van der Waals surface area contributed by atoms with Crippen molar-refractivity contribution in [1.29, 1.82) is 0 Å². The van der Waals surface area contributed by atoms with Crippen LogP contribution in [0.15, 0.2) is 82.3 Å². The second-order valence-electron chi connectivity index (χ2n) is 6.90. The molecule has 0 saturated carbocycles. The maximum atomic E-state index is 6.18. The number of aryl methyl sites for hydroxylation is 1. The summed E-state index contributed by atoms with van der Waals surface area (Å²) >= 11 is 7.62. The first-order valence-electron chi connectivity index (χ1n) is 9.67. The van der Waals surface area contributed by atoms with E-state index in [-0.39, 0.29) is 0 Å². The molecule has 148 valence electrons. The van der Waals surface area contributed by atoms with Gasteiger partial charge in [0, 0.05) is 22.0 Å². The number of para-hydroxylation sites is 1. The van der Waals surface area contributed by atoms with Gasteiger partial charge in [-0.2, -0.15) is 5.10 Å². The molecule has 3 aromatic carbocycles. The van der Waals surface area contributed by atoms with Gasteiger partial charge in [0.05, 0.1) is 15.6 Å². The van der Waals surface area contributed by atoms with Gasteiger partial charge in [0.25, 0.3) is 0 Å². The summed E-state index contributed by atoms with van der Waals surface area (Å²) in [7, 11) is 0. The van der Waals surface area contributed by atoms with E-state index in [9.17, 15) is 0 Å². The fraction of sp³-hybridized carbons (Fsp3) is 0.0833. The number of rotatable bonds is 4. The van der Waals surface area contributed by atoms with Crippen LogP contribution < -0.4 is 10.8 Å². The Labute approximate surface area is 182 Å². The molecule has 4 nitrogen and oxygen atoms in total. The lowest BCUT2D eigenvalue weighted by atomic mass is 10.1. The standard InChI is InChI=1S/C24H18ClN3OS/c1-2-15-7-12-21-18(13-15)20(14-22(29-21)16-8-10-17(25)11-9-16)27-28-24-26-19-5-3-4-6-23(19)30-24/h3-14H,2H2,1H3,(H,26,28). The van der Waals surface area contributed by atoms with Gasteiger partial charge in [-0.05, 0) is 60.5 Å². The van der Waals surface area contributed by atoms with Crippen molar-refractivity contribution in [1.82, 2.24) is 4.98 Å². The van der Waals surface area contributed by atoms with E-state index in [0.29, 0.717) is 5.02 Å². The summed E-state index contributed by atoms with van der Waals surface area (Å²) in [6.45, 7) is 2.14. The van der Waals surface area contributed by atoms with Crippen molar-refractivity contribution in [2.45, 2.75) is 13.3 Å². The molecular weight excluding hydrogens is 414 g/mol. The molecule has 0 radical (unpaired) electrons. The van der Waals surface area contributed by atoms with Crippen molar-refractivity contribution in [2.75, 3.05) is 5.43 Å². The molecule has 0 bridgehead atoms. The minimum absolute atomic E-state index is 0.689. The van der Waals surface area contributed by atoms with Crippen molar-refractivity contribution in [3.8, 4) is 11.3 Å². The van der Waals surface area contributed by atoms with Gasteiger partial charge in [-0.25, -0.2) is 4.98 Å². The van der Waals surface area contributed by atoms with Crippen LogP contribution >= 0.6 is 22.9 Å². The highest BCUT2D eigenvalue weighted by atomic mass is 35.5. The summed E-state index contributed by atoms with van der Waals surface area (Å²) in [6, 6.07) is 23.8. The number of benzene rings is 3. The van der Waals surface area contributed by atoms with E-state index in [2.05, 4.69) is 35.5 Å². The largest absolute Gasteiger partial charge is 0.456 e. The van der Waals surface area contributed by atoms with E-state index < -0.39 is 0 Å². The van der Waals surface area contributed by atoms with Crippen molar-refractivity contribution in [3.63, 3.8) is 0 Å². The Bertz CT molecular complexity index is 1390. The first kappa shape index (κ1) is 18.9. The zero-order valence-electron chi connectivity index (χ0n) is 16.2. The summed E-state index contributed by atoms with van der Waals surface area (Å²) in [5, 5.41) is 7.90. The number of hydrogen-bond donors (Lipinski definition) is 1. The number of nitrogens with zero attached hydrogens (tertiary/aromatic N) is 2. The fourth-order valence-corrected chi connectivity index (χ4v) is 4.25. The highest BCUT2D eigenvalue weighted by Crippen LogP contribution is 2.26. The van der Waals surface area contributed by atoms with E-state index in [1.807, 2.05) is 54.6 Å². The summed E-state index contributed by atoms with van der Waals surface area (Å²) < 4.78 is 7.31. The van der Waals surface area contributed by atoms with Crippen molar-refractivity contribution in [3.05, 3.63) is 88.7 Å². The second kappa shape index (κ2) is 7.94. The molecule has 6 heteroatoms. The summed E-state index contributed by atoms with van der Waals surface area (Å²) in [5.41, 5.74) is 7.05. The van der Waals surface area contributed by atoms with E-state index in [0.717, 1.165) is 49.4 Å². The Morgan fingerprint density at radius 2 is 1.87 bits per heavy atom. The fourth-order valence-electron chi connectivity index (χ4n) is 3.31. The molecule has 5 aromatic rings. The van der Waals surface area contributed by atoms with Crippen LogP contribution in [0.1, 0.15) is 12.5 Å². The maximum Gasteiger partial charge on any atom is 0.204 e. The van der Waals surface area contributed by atoms with Crippen molar-refractivity contribution in [2.24, 2.45) is 5.10 Å². The number of anilines is 1. The Kier molecular flexibility index (Phi) is 4.99. The molecule has 0 spiro atoms. The van der Waals surface area contributed by atoms with Crippen LogP contribution in [-0.4, -0.2) is 4.98 Å². The van der Waals surface area contributed by atoms with Gasteiger partial charge in [-0.15, -0.1) is 0 Å². The molecule has 0 aliphatic heterocycles. The van der Waals surface area contributed by atoms with Crippen molar-refractivity contribution >= 4 is 49.3 Å². The van der Waals surface area contributed by atoms with E-state index in [1.165, 1.54) is 5.56 Å². The number of hydrogen-bond acceptors (Lipinski definition) is 5. The monoisotopic (exact) mass is 431 g/mol. The molecule has 5 rings (SSSR count). The summed E-state index contributed by atoms with van der Waals surface area (Å²) in [5.74, 6) is 0.730. The van der Waals surface area contributed by atoms with E-state index in [4.69, 9.17) is 21.1 Å². The summed E-state index contributed by atoms with van der Waals surface area (Å²) in [6.07, 6.45) is 0.944. The Morgan fingerprint density at radius 3 is 2.67 bits per heavy atom. The Hall–Kier alpha value is -3.15. The average Bonchev–Trinajstić information content (AvgIpc) is 3.20. The van der Waals surface area contributed by atoms with Gasteiger partial charge in [0.1, 0.15) is 11.3 Å². The molecule has 2 heterocycles. The van der Waals surface area contributed by atoms with Crippen molar-refractivity contribution < 1.29 is 4.42 Å². The molecule has 0 aliphatic carbocycles. The SMILES string of the molecule is CCc1ccc2oc(-c3ccc(Cl)cc3)cc(=NNc3nc4ccccc4s3)c2c1. The van der Waals surface area contributed by atoms with Crippen LogP contribution in [0.2, 0.25) is 5.02 Å². The van der Waals surface area contributed by atoms with Crippen LogP contribution in [0.5, 0.6) is 0 Å². The topological polar surface area (TPSA) is 50.4 Å². The number of nitrogens with one attached hydrogen (secondary N) is 1. The van der Waals surface area contributed by atoms with Crippen LogP contribution in [0.3, 0.4) is 0 Å². The molecule has 30 heavy (non-hydrogen) atoms. The molecule has 0 unspecified atom stereocenters. The molecule has 0 amide bonds. The predicted molar refractivity (Wildman–Crippen MR) is 125 cm³/mol. The van der Waals surface area contributed by atoms with E-state index >= 15 is 0 Å². The quantitative estimate of drug-likeness (QED) is 0.316. The van der Waals surface area contributed by atoms with Gasteiger partial charge < -0.3 is 4.42 Å². The lowest BCUT2D eigenvalue weighted by Crippen LogP contribution is -2.07. The van der Waals surface area contributed by atoms with Gasteiger partial charge in [0.2, 0.25) is 5.13 Å². The molecule has 1 N–H and O–H groups in total. The third-order valence-electron chi connectivity index (χ3n) is 4.91. The van der Waals surface area contributed by atoms with Crippen LogP contribution in [0, 0.1) is 0 Å². The highest BCUT2D eigenvalue weighted by Gasteiger charge is 2.08. The molecular formula is C24H18ClN3OS. The van der Waals surface area contributed by atoms with Gasteiger partial charge in [-0.1, -0.05) is 48.1 Å². The first-order chi connectivity index (χ1) is 14.7. The molecule has 0 atom stereocenters. The smallest absolute Gasteiger partial charge is 0.204 e. The lowest BCUT2D eigenvalue weighted by Gasteiger charge is -2.07. The van der Waals surface area contributed by atoms with E-state index in [1.54, 1.807) is 11.3 Å². The van der Waals surface area contributed by atoms with Gasteiger partial charge in [0.15, 0.2) is 0 Å². The second-order valence-corrected chi connectivity index (χ2v) is 8.36. The minimum Gasteiger partial charge on any atom is -0.456 e. The van der Waals surface area contributed by atoms with Gasteiger partial charge >= 0.3 is 0 Å². The average molecular weight is 432 g/mol. The third kappa shape index (κ3) is 3.70. The lowest BCUT2D eigenvalue weighted by molar-refractivity contribution is 0.618. The Morgan fingerprint density at radius 1 is 1.03 bits per heavy atom. The number of thiazole rings is 1. The zero-order valence-corrected chi connectivity index (χ0v) is 17.8. The number of aromatic nitrogens is 1. The molecule has 2 aromatic heterocycles. The summed E-state index contributed by atoms with van der Waals surface area (Å²) in [4.78, 5) is 4.61. The van der Waals surface area contributed by atoms with Crippen LogP contribution in [0.25, 0.3) is 32.5 Å². The Balaban J connectivity index is 1.65. The van der Waals surface area contributed by atoms with Crippen LogP contribution in [-0.2, 0) is 6.42 Å². The molecule has 0 fully saturated rings. The normalized spacial score (nSPS) is 12.0. The zero-order chi connectivity index (χ0) is 20.5. The third-order valence-corrected chi connectivity index (χ3v) is 6.10. The number of fused-ring (bicyclic) bond motifs is 2. The van der Waals surface area contributed by atoms with Crippen LogP contribution in [0.4, 0.5) is 5.13 Å². The molecule has 0 aliphatic rings. The minimum atomic E-state index is 0.689. The maximum absolute atomic E-state index is 6.18. The van der Waals surface area contributed by atoms with Gasteiger partial charge in [-0.3, -0.25) is 5.43 Å². The number of halogens is 1. The molecule has 0 saturated heterocycles. The first-order valence-corrected chi connectivity index (χ1v) is 10.9. The highest BCUT2D eigenvalue weighted by molar-refractivity contribution is 7.22.